The number of imidazole rings is 1. The van der Waals surface area contributed by atoms with Gasteiger partial charge >= 0.3 is 0 Å². The molecule has 0 saturated heterocycles. The van der Waals surface area contributed by atoms with Crippen LogP contribution in [0, 0.1) is 10.6 Å². The second kappa shape index (κ2) is 10.1. The summed E-state index contributed by atoms with van der Waals surface area (Å²) in [6, 6.07) is 6.42. The van der Waals surface area contributed by atoms with Crippen molar-refractivity contribution in [2.45, 2.75) is 32.1 Å². The van der Waals surface area contributed by atoms with Crippen LogP contribution in [0.2, 0.25) is 0 Å². The lowest BCUT2D eigenvalue weighted by molar-refractivity contribution is 0.260. The predicted octanol–water partition coefficient (Wildman–Crippen LogP) is 7.18. The Morgan fingerprint density at radius 1 is 1.23 bits per heavy atom. The minimum absolute atomic E-state index is 0.0966. The lowest BCUT2D eigenvalue weighted by Crippen LogP contribution is -2.16. The molecule has 1 unspecified atom stereocenters. The Morgan fingerprint density at radius 3 is 2.53 bits per heavy atom. The van der Waals surface area contributed by atoms with E-state index >= 15 is 0 Å². The number of benzene rings is 1. The van der Waals surface area contributed by atoms with E-state index in [1.807, 2.05) is 11.5 Å². The predicted molar refractivity (Wildman–Crippen MR) is 127 cm³/mol. The maximum absolute atomic E-state index is 13.5. The van der Waals surface area contributed by atoms with E-state index in [0.717, 1.165) is 50.9 Å². The molecule has 1 aliphatic carbocycles. The summed E-state index contributed by atoms with van der Waals surface area (Å²) in [5, 5.41) is 0. The van der Waals surface area contributed by atoms with E-state index in [2.05, 4.69) is 42.9 Å². The molecule has 1 atom stereocenters. The number of allylic oxidation sites excluding steroid dienone is 4. The molecular formula is C22H23Br2FN2O2S. The van der Waals surface area contributed by atoms with Gasteiger partial charge in [-0.25, -0.2) is 4.39 Å². The van der Waals surface area contributed by atoms with E-state index in [1.165, 1.54) is 12.1 Å². The van der Waals surface area contributed by atoms with Crippen molar-refractivity contribution < 1.29 is 13.9 Å². The summed E-state index contributed by atoms with van der Waals surface area (Å²) in [5.74, 6) is 0.399. The average molecular weight is 558 g/mol. The Bertz CT molecular complexity index is 1070. The number of nitrogens with zero attached hydrogens (tertiary/aromatic N) is 1. The monoisotopic (exact) mass is 556 g/mol. The molecule has 1 N–H and O–H groups in total. The van der Waals surface area contributed by atoms with Crippen molar-refractivity contribution in [3.05, 3.63) is 78.9 Å². The molecule has 3 rings (SSSR count). The largest absolute Gasteiger partial charge is 0.500 e. The number of aryl methyl sites for hydroxylation is 1. The minimum atomic E-state index is -0.271. The van der Waals surface area contributed by atoms with Gasteiger partial charge in [0.2, 0.25) is 0 Å². The fourth-order valence-electron chi connectivity index (χ4n) is 3.83. The van der Waals surface area contributed by atoms with Crippen LogP contribution in [0.3, 0.4) is 0 Å². The first-order chi connectivity index (χ1) is 14.4. The maximum atomic E-state index is 13.5. The molecule has 2 aromatic rings. The highest BCUT2D eigenvalue weighted by atomic mass is 79.9. The van der Waals surface area contributed by atoms with Gasteiger partial charge in [0.15, 0.2) is 10.5 Å². The third-order valence-corrected chi connectivity index (χ3v) is 7.60. The number of halogens is 3. The van der Waals surface area contributed by atoms with Crippen molar-refractivity contribution in [1.82, 2.24) is 9.55 Å². The van der Waals surface area contributed by atoms with Gasteiger partial charge in [-0.2, -0.15) is 0 Å². The lowest BCUT2D eigenvalue weighted by Gasteiger charge is -2.27. The first kappa shape index (κ1) is 23.0. The minimum Gasteiger partial charge on any atom is -0.500 e. The molecule has 30 heavy (non-hydrogen) atoms. The van der Waals surface area contributed by atoms with Crippen molar-refractivity contribution in [1.29, 1.82) is 0 Å². The van der Waals surface area contributed by atoms with Crippen molar-refractivity contribution in [2.75, 3.05) is 14.2 Å². The number of nitrogens with one attached hydrogen (secondary N) is 1. The second-order valence-corrected chi connectivity index (χ2v) is 8.82. The summed E-state index contributed by atoms with van der Waals surface area (Å²) in [7, 11) is 3.17. The standard InChI is InChI=1S/C22H23Br2FN2O2S/c1-4-15(19(23)20(24)18(29-3)12-28-2)16-6-5-7-17-21(16)27(22(30)26-17)14-10-8-13(25)9-11-14/h4,8-12,16H,5-7H2,1-3H3,(H,26,30)/b15-4-,18-12-,20-19-. The van der Waals surface area contributed by atoms with Crippen LogP contribution in [-0.4, -0.2) is 23.8 Å². The molecule has 0 radical (unpaired) electrons. The highest BCUT2D eigenvalue weighted by Crippen LogP contribution is 2.44. The highest BCUT2D eigenvalue weighted by molar-refractivity contribution is 9.14. The van der Waals surface area contributed by atoms with Gasteiger partial charge in [0.1, 0.15) is 12.1 Å². The average Bonchev–Trinajstić information content (AvgIpc) is 3.09. The molecule has 8 heteroatoms. The van der Waals surface area contributed by atoms with Crippen LogP contribution in [0.15, 0.2) is 56.9 Å². The zero-order valence-electron chi connectivity index (χ0n) is 17.0. The van der Waals surface area contributed by atoms with Crippen LogP contribution in [0.5, 0.6) is 0 Å². The molecule has 1 aromatic carbocycles. The zero-order chi connectivity index (χ0) is 21.8. The molecule has 1 aromatic heterocycles. The summed E-state index contributed by atoms with van der Waals surface area (Å²) in [6.07, 6.45) is 6.57. The number of hydrogen-bond donors (Lipinski definition) is 1. The molecule has 0 fully saturated rings. The number of fused-ring (bicyclic) bond motifs is 1. The summed E-state index contributed by atoms with van der Waals surface area (Å²) < 4.78 is 28.3. The molecule has 1 heterocycles. The maximum Gasteiger partial charge on any atom is 0.182 e. The Hall–Kier alpha value is -1.64. The number of aromatic amines is 1. The fraction of sp³-hybridized carbons (Fsp3) is 0.318. The number of ether oxygens (including phenoxy) is 2. The molecule has 1 aliphatic rings. The van der Waals surface area contributed by atoms with Crippen LogP contribution in [0.4, 0.5) is 4.39 Å². The highest BCUT2D eigenvalue weighted by Gasteiger charge is 2.31. The fourth-order valence-corrected chi connectivity index (χ4v) is 5.34. The second-order valence-electron chi connectivity index (χ2n) is 6.84. The van der Waals surface area contributed by atoms with Crippen LogP contribution in [-0.2, 0) is 15.9 Å². The van der Waals surface area contributed by atoms with Crippen molar-refractivity contribution in [2.24, 2.45) is 0 Å². The number of hydrogen-bond acceptors (Lipinski definition) is 3. The lowest BCUT2D eigenvalue weighted by atomic mass is 9.83. The number of methoxy groups -OCH3 is 2. The third kappa shape index (κ3) is 4.50. The van der Waals surface area contributed by atoms with Crippen LogP contribution in [0.25, 0.3) is 5.69 Å². The van der Waals surface area contributed by atoms with Crippen molar-refractivity contribution >= 4 is 44.1 Å². The molecule has 0 spiro atoms. The van der Waals surface area contributed by atoms with E-state index in [9.17, 15) is 4.39 Å². The van der Waals surface area contributed by atoms with Crippen molar-refractivity contribution in [3.8, 4) is 5.69 Å². The first-order valence-electron chi connectivity index (χ1n) is 9.51. The molecule has 0 aliphatic heterocycles. The molecular weight excluding hydrogens is 535 g/mol. The van der Waals surface area contributed by atoms with E-state index in [4.69, 9.17) is 21.7 Å². The Kier molecular flexibility index (Phi) is 7.76. The number of aromatic nitrogens is 2. The number of rotatable bonds is 6. The Labute approximate surface area is 197 Å². The van der Waals surface area contributed by atoms with Crippen LogP contribution in [0.1, 0.15) is 37.1 Å². The van der Waals surface area contributed by atoms with Crippen LogP contribution < -0.4 is 0 Å². The smallest absolute Gasteiger partial charge is 0.182 e. The van der Waals surface area contributed by atoms with Gasteiger partial charge in [0, 0.05) is 21.8 Å². The SMILES string of the molecule is C\C=C(/C(Br)=C(Br)\C(=C\OC)OC)C1CCCc2[nH]c(=S)n(-c3ccc(F)cc3)c21. The Morgan fingerprint density at radius 2 is 1.93 bits per heavy atom. The van der Waals surface area contributed by atoms with Gasteiger partial charge < -0.3 is 14.5 Å². The normalized spacial score (nSPS) is 18.0. The van der Waals surface area contributed by atoms with Gasteiger partial charge in [-0.15, -0.1) is 0 Å². The topological polar surface area (TPSA) is 39.2 Å². The summed E-state index contributed by atoms with van der Waals surface area (Å²) in [5.41, 5.74) is 4.18. The third-order valence-electron chi connectivity index (χ3n) is 5.14. The van der Waals surface area contributed by atoms with Gasteiger partial charge in [-0.1, -0.05) is 6.08 Å². The molecule has 4 nitrogen and oxygen atoms in total. The number of H-pyrrole nitrogens is 1. The van der Waals surface area contributed by atoms with Gasteiger partial charge in [0.25, 0.3) is 0 Å². The quantitative estimate of drug-likeness (QED) is 0.232. The van der Waals surface area contributed by atoms with Crippen molar-refractivity contribution in [3.63, 3.8) is 0 Å². The first-order valence-corrected chi connectivity index (χ1v) is 11.5. The van der Waals surface area contributed by atoms with Gasteiger partial charge in [-0.3, -0.25) is 4.57 Å². The van der Waals surface area contributed by atoms with E-state index in [1.54, 1.807) is 32.6 Å². The Balaban J connectivity index is 2.15. The summed E-state index contributed by atoms with van der Waals surface area (Å²) >= 11 is 13.0. The van der Waals surface area contributed by atoms with E-state index < -0.39 is 0 Å². The summed E-state index contributed by atoms with van der Waals surface area (Å²) in [4.78, 5) is 3.37. The molecule has 0 bridgehead atoms. The van der Waals surface area contributed by atoms with Gasteiger partial charge in [0.05, 0.1) is 24.4 Å². The molecule has 160 valence electrons. The van der Waals surface area contributed by atoms with Gasteiger partial charge in [-0.05, 0) is 100 Å². The van der Waals surface area contributed by atoms with Crippen LogP contribution >= 0.6 is 44.1 Å². The van der Waals surface area contributed by atoms with E-state index in [-0.39, 0.29) is 11.7 Å². The molecule has 0 saturated carbocycles. The zero-order valence-corrected chi connectivity index (χ0v) is 21.0. The van der Waals surface area contributed by atoms with E-state index in [0.29, 0.717) is 10.5 Å². The summed E-state index contributed by atoms with van der Waals surface area (Å²) in [6.45, 7) is 2.02. The molecule has 0 amide bonds.